The van der Waals surface area contributed by atoms with Crippen molar-refractivity contribution in [3.05, 3.63) is 71.3 Å². The number of carbonyl (C=O) groups is 1. The number of ketones is 1. The normalized spacial score (nSPS) is 10.7. The molecule has 0 radical (unpaired) electrons. The minimum atomic E-state index is -0.167. The molecule has 2 heteroatoms. The number of phenols is 1. The summed E-state index contributed by atoms with van der Waals surface area (Å²) in [4.78, 5) is 12.2. The van der Waals surface area contributed by atoms with Gasteiger partial charge >= 0.3 is 0 Å². The van der Waals surface area contributed by atoms with Crippen LogP contribution in [0.4, 0.5) is 0 Å². The zero-order valence-corrected chi connectivity index (χ0v) is 10.1. The van der Waals surface area contributed by atoms with Gasteiger partial charge in [0.25, 0.3) is 0 Å². The highest BCUT2D eigenvalue weighted by Crippen LogP contribution is 2.25. The summed E-state index contributed by atoms with van der Waals surface area (Å²) in [5, 5.41) is 10.1. The molecule has 18 heavy (non-hydrogen) atoms. The number of phenolic OH excluding ortho intramolecular Hbond substituents is 1. The highest BCUT2D eigenvalue weighted by molar-refractivity contribution is 6.11. The zero-order valence-electron chi connectivity index (χ0n) is 10.1. The second-order valence-corrected chi connectivity index (χ2v) is 3.94. The van der Waals surface area contributed by atoms with Crippen LogP contribution in [0, 0.1) is 0 Å². The van der Waals surface area contributed by atoms with Gasteiger partial charge in [-0.2, -0.15) is 0 Å². The maximum absolute atomic E-state index is 12.2. The molecule has 0 saturated heterocycles. The first-order valence-electron chi connectivity index (χ1n) is 5.78. The van der Waals surface area contributed by atoms with E-state index in [1.54, 1.807) is 48.5 Å². The number of hydrogen-bond acceptors (Lipinski definition) is 2. The van der Waals surface area contributed by atoms with Crippen LogP contribution in [-0.2, 0) is 0 Å². The van der Waals surface area contributed by atoms with Crippen molar-refractivity contribution in [3.63, 3.8) is 0 Å². The van der Waals surface area contributed by atoms with Gasteiger partial charge in [-0.05, 0) is 13.0 Å². The number of aromatic hydroxyl groups is 1. The van der Waals surface area contributed by atoms with Crippen LogP contribution in [0.25, 0.3) is 6.08 Å². The fourth-order valence-electron chi connectivity index (χ4n) is 1.80. The van der Waals surface area contributed by atoms with Crippen molar-refractivity contribution in [1.29, 1.82) is 0 Å². The molecule has 0 aliphatic heterocycles. The van der Waals surface area contributed by atoms with E-state index in [0.29, 0.717) is 16.7 Å². The lowest BCUT2D eigenvalue weighted by atomic mass is 10.00. The van der Waals surface area contributed by atoms with Gasteiger partial charge in [0, 0.05) is 11.1 Å². The van der Waals surface area contributed by atoms with Crippen molar-refractivity contribution in [2.45, 2.75) is 6.92 Å². The van der Waals surface area contributed by atoms with Gasteiger partial charge in [-0.1, -0.05) is 54.6 Å². The molecule has 0 atom stereocenters. The number of rotatable bonds is 3. The number of carbonyl (C=O) groups excluding carboxylic acids is 1. The lowest BCUT2D eigenvalue weighted by Gasteiger charge is -2.06. The van der Waals surface area contributed by atoms with Gasteiger partial charge in [0.15, 0.2) is 5.78 Å². The zero-order chi connectivity index (χ0) is 13.0. The van der Waals surface area contributed by atoms with E-state index in [-0.39, 0.29) is 11.5 Å². The van der Waals surface area contributed by atoms with Crippen LogP contribution in [0.15, 0.2) is 54.6 Å². The third kappa shape index (κ3) is 2.33. The van der Waals surface area contributed by atoms with Crippen molar-refractivity contribution < 1.29 is 9.90 Å². The van der Waals surface area contributed by atoms with Gasteiger partial charge in [0.1, 0.15) is 5.75 Å². The second-order valence-electron chi connectivity index (χ2n) is 3.94. The summed E-state index contributed by atoms with van der Waals surface area (Å²) >= 11 is 0. The molecule has 2 aromatic carbocycles. The van der Waals surface area contributed by atoms with Crippen LogP contribution in [-0.4, -0.2) is 10.9 Å². The van der Waals surface area contributed by atoms with Gasteiger partial charge < -0.3 is 5.11 Å². The third-order valence-corrected chi connectivity index (χ3v) is 2.69. The van der Waals surface area contributed by atoms with Crippen LogP contribution in [0.3, 0.4) is 0 Å². The van der Waals surface area contributed by atoms with E-state index >= 15 is 0 Å². The smallest absolute Gasteiger partial charge is 0.196 e. The Morgan fingerprint density at radius 1 is 1.06 bits per heavy atom. The Kier molecular flexibility index (Phi) is 3.58. The first-order valence-corrected chi connectivity index (χ1v) is 5.78. The highest BCUT2D eigenvalue weighted by atomic mass is 16.3. The molecule has 0 aliphatic carbocycles. The van der Waals surface area contributed by atoms with Crippen molar-refractivity contribution in [2.75, 3.05) is 0 Å². The Balaban J connectivity index is 2.46. The van der Waals surface area contributed by atoms with Crippen LogP contribution in [0.1, 0.15) is 28.4 Å². The molecule has 0 spiro atoms. The predicted molar refractivity (Wildman–Crippen MR) is 72.7 cm³/mol. The van der Waals surface area contributed by atoms with E-state index in [1.807, 2.05) is 19.1 Å². The Morgan fingerprint density at radius 2 is 1.78 bits per heavy atom. The van der Waals surface area contributed by atoms with Crippen molar-refractivity contribution >= 4 is 11.9 Å². The molecule has 0 bridgehead atoms. The standard InChI is InChI=1S/C16H14O2/c1-2-7-12-10-6-11-14(15(12)17)16(18)13-8-4-3-5-9-13/h2-11,17H,1H3/b7-2-. The molecule has 1 N–H and O–H groups in total. The topological polar surface area (TPSA) is 37.3 Å². The SMILES string of the molecule is C/C=C\c1cccc(C(=O)c2ccccc2)c1O. The molecule has 0 aromatic heterocycles. The molecule has 0 saturated carbocycles. The molecule has 90 valence electrons. The van der Waals surface area contributed by atoms with Crippen LogP contribution >= 0.6 is 0 Å². The van der Waals surface area contributed by atoms with E-state index in [2.05, 4.69) is 0 Å². The summed E-state index contributed by atoms with van der Waals surface area (Å²) in [5.41, 5.74) is 1.56. The van der Waals surface area contributed by atoms with E-state index in [4.69, 9.17) is 0 Å². The number of allylic oxidation sites excluding steroid dienone is 1. The molecular formula is C16H14O2. The van der Waals surface area contributed by atoms with Gasteiger partial charge in [0.2, 0.25) is 0 Å². The first-order chi connectivity index (χ1) is 8.74. The number of para-hydroxylation sites is 1. The lowest BCUT2D eigenvalue weighted by Crippen LogP contribution is -2.01. The molecule has 2 nitrogen and oxygen atoms in total. The molecule has 0 heterocycles. The number of benzene rings is 2. The highest BCUT2D eigenvalue weighted by Gasteiger charge is 2.14. The number of hydrogen-bond donors (Lipinski definition) is 1. The average molecular weight is 238 g/mol. The molecule has 2 aromatic rings. The Labute approximate surface area is 106 Å². The summed E-state index contributed by atoms with van der Waals surface area (Å²) in [6.07, 6.45) is 3.60. The first kappa shape index (κ1) is 12.1. The van der Waals surface area contributed by atoms with E-state index in [9.17, 15) is 9.90 Å². The minimum Gasteiger partial charge on any atom is -0.507 e. The largest absolute Gasteiger partial charge is 0.507 e. The summed E-state index contributed by atoms with van der Waals surface area (Å²) in [6, 6.07) is 14.1. The average Bonchev–Trinajstić information content (AvgIpc) is 2.42. The van der Waals surface area contributed by atoms with Crippen LogP contribution in [0.5, 0.6) is 5.75 Å². The maximum Gasteiger partial charge on any atom is 0.196 e. The minimum absolute atomic E-state index is 0.0319. The van der Waals surface area contributed by atoms with E-state index < -0.39 is 0 Å². The third-order valence-electron chi connectivity index (χ3n) is 2.69. The lowest BCUT2D eigenvalue weighted by molar-refractivity contribution is 0.103. The van der Waals surface area contributed by atoms with E-state index in [0.717, 1.165) is 0 Å². The predicted octanol–water partition coefficient (Wildman–Crippen LogP) is 3.66. The molecule has 0 unspecified atom stereocenters. The van der Waals surface area contributed by atoms with Crippen molar-refractivity contribution in [1.82, 2.24) is 0 Å². The Bertz CT molecular complexity index is 583. The van der Waals surface area contributed by atoms with Gasteiger partial charge in [-0.15, -0.1) is 0 Å². The molecular weight excluding hydrogens is 224 g/mol. The van der Waals surface area contributed by atoms with Crippen LogP contribution in [0.2, 0.25) is 0 Å². The molecule has 0 aliphatic rings. The quantitative estimate of drug-likeness (QED) is 0.828. The van der Waals surface area contributed by atoms with Gasteiger partial charge in [-0.25, -0.2) is 0 Å². The molecule has 2 rings (SSSR count). The fourth-order valence-corrected chi connectivity index (χ4v) is 1.80. The van der Waals surface area contributed by atoms with Gasteiger partial charge in [0.05, 0.1) is 5.56 Å². The summed E-state index contributed by atoms with van der Waals surface area (Å²) in [5.74, 6) is -0.135. The second kappa shape index (κ2) is 5.32. The molecule has 0 fully saturated rings. The molecule has 0 amide bonds. The van der Waals surface area contributed by atoms with Crippen LogP contribution < -0.4 is 0 Å². The summed E-state index contributed by atoms with van der Waals surface area (Å²) in [7, 11) is 0. The summed E-state index contributed by atoms with van der Waals surface area (Å²) < 4.78 is 0. The maximum atomic E-state index is 12.2. The summed E-state index contributed by atoms with van der Waals surface area (Å²) in [6.45, 7) is 1.87. The monoisotopic (exact) mass is 238 g/mol. The Hall–Kier alpha value is -2.35. The fraction of sp³-hybridized carbons (Fsp3) is 0.0625. The Morgan fingerprint density at radius 3 is 2.44 bits per heavy atom. The van der Waals surface area contributed by atoms with E-state index in [1.165, 1.54) is 0 Å². The van der Waals surface area contributed by atoms with Gasteiger partial charge in [-0.3, -0.25) is 4.79 Å². The van der Waals surface area contributed by atoms with Crippen molar-refractivity contribution in [3.8, 4) is 5.75 Å². The van der Waals surface area contributed by atoms with Crippen molar-refractivity contribution in [2.24, 2.45) is 0 Å².